The molecule has 3 rings (SSSR count). The third-order valence-electron chi connectivity index (χ3n) is 5.09. The molecule has 2 aromatic rings. The minimum atomic E-state index is 0.122. The summed E-state index contributed by atoms with van der Waals surface area (Å²) in [6, 6.07) is 17.5. The number of hydrogen-bond acceptors (Lipinski definition) is 5. The van der Waals surface area contributed by atoms with Gasteiger partial charge in [0.25, 0.3) is 0 Å². The van der Waals surface area contributed by atoms with Crippen LogP contribution in [0.4, 0.5) is 5.69 Å². The van der Waals surface area contributed by atoms with Gasteiger partial charge in [-0.05, 0) is 17.7 Å². The van der Waals surface area contributed by atoms with Gasteiger partial charge in [-0.3, -0.25) is 9.69 Å². The van der Waals surface area contributed by atoms with Crippen LogP contribution in [0.5, 0.6) is 5.75 Å². The second kappa shape index (κ2) is 10.1. The van der Waals surface area contributed by atoms with E-state index in [9.17, 15) is 9.90 Å². The molecule has 0 spiro atoms. The molecule has 1 aliphatic heterocycles. The van der Waals surface area contributed by atoms with Gasteiger partial charge < -0.3 is 19.6 Å². The number of benzene rings is 2. The fraction of sp³-hybridized carbons (Fsp3) is 0.409. The van der Waals surface area contributed by atoms with Gasteiger partial charge in [0.2, 0.25) is 5.91 Å². The normalized spacial score (nSPS) is 14.8. The molecule has 6 heteroatoms. The van der Waals surface area contributed by atoms with E-state index in [0.29, 0.717) is 32.0 Å². The van der Waals surface area contributed by atoms with Crippen molar-refractivity contribution in [2.75, 3.05) is 57.9 Å². The molecule has 1 saturated heterocycles. The van der Waals surface area contributed by atoms with Crippen LogP contribution in [0.3, 0.4) is 0 Å². The summed E-state index contributed by atoms with van der Waals surface area (Å²) in [6.45, 7) is 5.30. The average molecular weight is 383 g/mol. The summed E-state index contributed by atoms with van der Waals surface area (Å²) in [5.74, 6) is 0.428. The van der Waals surface area contributed by atoms with Crippen molar-refractivity contribution >= 4 is 11.6 Å². The summed E-state index contributed by atoms with van der Waals surface area (Å²) in [5.41, 5.74) is 1.98. The summed E-state index contributed by atoms with van der Waals surface area (Å²) in [6.07, 6.45) is 0. The Morgan fingerprint density at radius 2 is 1.71 bits per heavy atom. The first-order valence-electron chi connectivity index (χ1n) is 9.73. The quantitative estimate of drug-likeness (QED) is 0.757. The molecule has 150 valence electrons. The minimum Gasteiger partial charge on any atom is -0.506 e. The van der Waals surface area contributed by atoms with Crippen molar-refractivity contribution in [3.05, 3.63) is 60.2 Å². The summed E-state index contributed by atoms with van der Waals surface area (Å²) < 4.78 is 5.19. The molecule has 0 unspecified atom stereocenters. The number of methoxy groups -OCH3 is 1. The van der Waals surface area contributed by atoms with Crippen LogP contribution in [0.1, 0.15) is 5.56 Å². The van der Waals surface area contributed by atoms with E-state index in [4.69, 9.17) is 4.74 Å². The van der Waals surface area contributed by atoms with Crippen molar-refractivity contribution in [3.63, 3.8) is 0 Å². The molecule has 28 heavy (non-hydrogen) atoms. The summed E-state index contributed by atoms with van der Waals surface area (Å²) >= 11 is 0. The molecule has 0 aromatic heterocycles. The van der Waals surface area contributed by atoms with Crippen molar-refractivity contribution in [2.45, 2.75) is 6.54 Å². The Labute approximate surface area is 166 Å². The predicted octanol–water partition coefficient (Wildman–Crippen LogP) is 2.19. The van der Waals surface area contributed by atoms with Crippen LogP contribution in [-0.4, -0.2) is 73.8 Å². The van der Waals surface area contributed by atoms with Gasteiger partial charge >= 0.3 is 0 Å². The number of aromatic hydroxyl groups is 1. The Morgan fingerprint density at radius 3 is 2.39 bits per heavy atom. The third-order valence-corrected chi connectivity index (χ3v) is 5.09. The van der Waals surface area contributed by atoms with Gasteiger partial charge in [0, 0.05) is 46.4 Å². The monoisotopic (exact) mass is 383 g/mol. The molecule has 0 atom stereocenters. The van der Waals surface area contributed by atoms with Gasteiger partial charge in [-0.25, -0.2) is 0 Å². The Hall–Kier alpha value is -2.57. The number of piperazine rings is 1. The average Bonchev–Trinajstić information content (AvgIpc) is 2.73. The lowest BCUT2D eigenvalue weighted by Crippen LogP contribution is -2.50. The molecule has 6 nitrogen and oxygen atoms in total. The van der Waals surface area contributed by atoms with Gasteiger partial charge in [-0.2, -0.15) is 0 Å². The number of amides is 1. The molecule has 1 amide bonds. The number of carbonyl (C=O) groups excluding carboxylic acids is 1. The highest BCUT2D eigenvalue weighted by Crippen LogP contribution is 2.27. The van der Waals surface area contributed by atoms with E-state index < -0.39 is 0 Å². The van der Waals surface area contributed by atoms with E-state index in [1.165, 1.54) is 0 Å². The van der Waals surface area contributed by atoms with Crippen molar-refractivity contribution in [2.24, 2.45) is 0 Å². The maximum Gasteiger partial charge on any atom is 0.237 e. The summed E-state index contributed by atoms with van der Waals surface area (Å²) in [5, 5.41) is 10.0. The van der Waals surface area contributed by atoms with E-state index in [1.54, 1.807) is 13.2 Å². The molecule has 1 N–H and O–H groups in total. The zero-order chi connectivity index (χ0) is 19.8. The summed E-state index contributed by atoms with van der Waals surface area (Å²) in [4.78, 5) is 19.1. The van der Waals surface area contributed by atoms with E-state index in [1.807, 2.05) is 53.4 Å². The molecule has 0 bridgehead atoms. The predicted molar refractivity (Wildman–Crippen MR) is 110 cm³/mol. The fourth-order valence-electron chi connectivity index (χ4n) is 3.47. The van der Waals surface area contributed by atoms with Crippen LogP contribution in [0.25, 0.3) is 0 Å². The van der Waals surface area contributed by atoms with E-state index in [0.717, 1.165) is 37.4 Å². The van der Waals surface area contributed by atoms with Crippen LogP contribution in [-0.2, 0) is 16.1 Å². The van der Waals surface area contributed by atoms with Gasteiger partial charge in [0.05, 0.1) is 18.8 Å². The number of anilines is 1. The number of nitrogens with zero attached hydrogens (tertiary/aromatic N) is 3. The number of phenols is 1. The van der Waals surface area contributed by atoms with Gasteiger partial charge in [0.1, 0.15) is 5.75 Å². The van der Waals surface area contributed by atoms with E-state index in [2.05, 4.69) is 9.80 Å². The van der Waals surface area contributed by atoms with Crippen LogP contribution in [0.2, 0.25) is 0 Å². The molecule has 0 aliphatic carbocycles. The molecule has 2 aromatic carbocycles. The number of para-hydroxylation sites is 2. The zero-order valence-electron chi connectivity index (χ0n) is 16.5. The molecule has 0 saturated carbocycles. The standard InChI is InChI=1S/C22H29N3O3/c1-28-16-15-25(17-19-7-3-2-4-8-19)22(27)18-23-11-13-24(14-12-23)20-9-5-6-10-21(20)26/h2-10,26H,11-18H2,1H3. The smallest absolute Gasteiger partial charge is 0.237 e. The number of ether oxygens (including phenoxy) is 1. The highest BCUT2D eigenvalue weighted by molar-refractivity contribution is 5.78. The maximum atomic E-state index is 12.9. The SMILES string of the molecule is COCCN(Cc1ccccc1)C(=O)CN1CCN(c2ccccc2O)CC1. The number of rotatable bonds is 8. The third kappa shape index (κ3) is 5.47. The Kier molecular flexibility index (Phi) is 7.28. The Morgan fingerprint density at radius 1 is 1.04 bits per heavy atom. The highest BCUT2D eigenvalue weighted by Gasteiger charge is 2.23. The van der Waals surface area contributed by atoms with Gasteiger partial charge in [-0.15, -0.1) is 0 Å². The van der Waals surface area contributed by atoms with E-state index in [-0.39, 0.29) is 5.91 Å². The Bertz CT molecular complexity index is 746. The van der Waals surface area contributed by atoms with Crippen molar-refractivity contribution < 1.29 is 14.6 Å². The van der Waals surface area contributed by atoms with Crippen LogP contribution in [0.15, 0.2) is 54.6 Å². The second-order valence-electron chi connectivity index (χ2n) is 7.05. The van der Waals surface area contributed by atoms with Crippen molar-refractivity contribution in [1.29, 1.82) is 0 Å². The number of carbonyl (C=O) groups is 1. The molecule has 0 radical (unpaired) electrons. The largest absolute Gasteiger partial charge is 0.506 e. The minimum absolute atomic E-state index is 0.122. The Balaban J connectivity index is 1.54. The lowest BCUT2D eigenvalue weighted by Gasteiger charge is -2.36. The lowest BCUT2D eigenvalue weighted by molar-refractivity contribution is -0.133. The number of phenolic OH excluding ortho intramolecular Hbond substituents is 1. The molecule has 1 fully saturated rings. The highest BCUT2D eigenvalue weighted by atomic mass is 16.5. The van der Waals surface area contributed by atoms with Crippen LogP contribution < -0.4 is 4.90 Å². The first-order chi connectivity index (χ1) is 13.7. The van der Waals surface area contributed by atoms with Crippen LogP contribution in [0, 0.1) is 0 Å². The summed E-state index contributed by atoms with van der Waals surface area (Å²) in [7, 11) is 1.66. The first-order valence-corrected chi connectivity index (χ1v) is 9.73. The molecule has 1 aliphatic rings. The van der Waals surface area contributed by atoms with Gasteiger partial charge in [-0.1, -0.05) is 42.5 Å². The van der Waals surface area contributed by atoms with Crippen LogP contribution >= 0.6 is 0 Å². The molecular weight excluding hydrogens is 354 g/mol. The van der Waals surface area contributed by atoms with E-state index >= 15 is 0 Å². The lowest BCUT2D eigenvalue weighted by atomic mass is 10.2. The maximum absolute atomic E-state index is 12.9. The number of hydrogen-bond donors (Lipinski definition) is 1. The first kappa shape index (κ1) is 20.2. The topological polar surface area (TPSA) is 56.2 Å². The van der Waals surface area contributed by atoms with Gasteiger partial charge in [0.15, 0.2) is 0 Å². The van der Waals surface area contributed by atoms with Crippen molar-refractivity contribution in [3.8, 4) is 5.75 Å². The second-order valence-corrected chi connectivity index (χ2v) is 7.05. The zero-order valence-corrected chi connectivity index (χ0v) is 16.5. The fourth-order valence-corrected chi connectivity index (χ4v) is 3.47. The molecule has 1 heterocycles. The van der Waals surface area contributed by atoms with Crippen molar-refractivity contribution in [1.82, 2.24) is 9.80 Å². The molecular formula is C22H29N3O3.